The number of hydrogen-bond donors (Lipinski definition) is 2. The molecule has 1 aliphatic carbocycles. The third kappa shape index (κ3) is 4.35. The van der Waals surface area contributed by atoms with Crippen molar-refractivity contribution in [2.24, 2.45) is 5.92 Å². The van der Waals surface area contributed by atoms with Crippen molar-refractivity contribution in [3.8, 4) is 5.95 Å². The average molecular weight is 343 g/mol. The van der Waals surface area contributed by atoms with Crippen LogP contribution < -0.4 is 10.9 Å². The SMILES string of the molecule is CCCc1cc(=O)[nH]c(-n2nc(C)cc2NC(=O)CC2CCCC2)n1. The summed E-state index contributed by atoms with van der Waals surface area (Å²) >= 11 is 0. The number of aromatic amines is 1. The van der Waals surface area contributed by atoms with E-state index < -0.39 is 0 Å². The molecule has 1 amide bonds. The Kier molecular flexibility index (Phi) is 5.31. The number of anilines is 1. The predicted octanol–water partition coefficient (Wildman–Crippen LogP) is 2.74. The molecule has 1 saturated carbocycles. The Morgan fingerprint density at radius 2 is 2.12 bits per heavy atom. The molecule has 3 rings (SSSR count). The molecule has 1 fully saturated rings. The third-order valence-electron chi connectivity index (χ3n) is 4.54. The Morgan fingerprint density at radius 3 is 2.84 bits per heavy atom. The Hall–Kier alpha value is -2.44. The van der Waals surface area contributed by atoms with Gasteiger partial charge in [0.2, 0.25) is 11.9 Å². The molecule has 7 nitrogen and oxygen atoms in total. The second-order valence-electron chi connectivity index (χ2n) is 6.80. The topological polar surface area (TPSA) is 92.7 Å². The summed E-state index contributed by atoms with van der Waals surface area (Å²) in [5.74, 6) is 1.33. The fraction of sp³-hybridized carbons (Fsp3) is 0.556. The number of carbonyl (C=O) groups excluding carboxylic acids is 1. The molecule has 0 bridgehead atoms. The molecule has 7 heteroatoms. The van der Waals surface area contributed by atoms with Crippen LogP contribution in [0.4, 0.5) is 5.82 Å². The molecule has 2 heterocycles. The average Bonchev–Trinajstić information content (AvgIpc) is 3.16. The molecule has 2 aromatic heterocycles. The number of amides is 1. The predicted molar refractivity (Wildman–Crippen MR) is 95.9 cm³/mol. The smallest absolute Gasteiger partial charge is 0.252 e. The lowest BCUT2D eigenvalue weighted by Crippen LogP contribution is -2.20. The molecule has 0 unspecified atom stereocenters. The zero-order chi connectivity index (χ0) is 17.8. The van der Waals surface area contributed by atoms with E-state index >= 15 is 0 Å². The minimum Gasteiger partial charge on any atom is -0.310 e. The molecule has 0 aromatic carbocycles. The number of H-pyrrole nitrogens is 1. The van der Waals surface area contributed by atoms with Gasteiger partial charge in [-0.15, -0.1) is 0 Å². The molecule has 1 aliphatic rings. The van der Waals surface area contributed by atoms with Crippen LogP contribution in [0.15, 0.2) is 16.9 Å². The third-order valence-corrected chi connectivity index (χ3v) is 4.54. The molecule has 0 spiro atoms. The van der Waals surface area contributed by atoms with Crippen molar-refractivity contribution in [1.29, 1.82) is 0 Å². The summed E-state index contributed by atoms with van der Waals surface area (Å²) in [6.07, 6.45) is 6.83. The van der Waals surface area contributed by atoms with Gasteiger partial charge in [0.25, 0.3) is 5.56 Å². The lowest BCUT2D eigenvalue weighted by Gasteiger charge is -2.11. The van der Waals surface area contributed by atoms with E-state index in [9.17, 15) is 9.59 Å². The van der Waals surface area contributed by atoms with Crippen molar-refractivity contribution in [3.05, 3.63) is 33.9 Å². The maximum Gasteiger partial charge on any atom is 0.252 e. The van der Waals surface area contributed by atoms with Crippen LogP contribution in [0.2, 0.25) is 0 Å². The second kappa shape index (κ2) is 7.63. The molecule has 134 valence electrons. The van der Waals surface area contributed by atoms with Crippen LogP contribution >= 0.6 is 0 Å². The molecule has 2 aromatic rings. The molecule has 0 radical (unpaired) electrons. The van der Waals surface area contributed by atoms with Gasteiger partial charge in [-0.05, 0) is 32.1 Å². The monoisotopic (exact) mass is 343 g/mol. The van der Waals surface area contributed by atoms with Crippen LogP contribution in [0.3, 0.4) is 0 Å². The van der Waals surface area contributed by atoms with Crippen LogP contribution in [0.5, 0.6) is 0 Å². The number of nitrogens with one attached hydrogen (secondary N) is 2. The van der Waals surface area contributed by atoms with Crippen LogP contribution in [-0.2, 0) is 11.2 Å². The molecule has 0 atom stereocenters. The highest BCUT2D eigenvalue weighted by molar-refractivity contribution is 5.90. The molecular formula is C18H25N5O2. The standard InChI is InChI=1S/C18H25N5O2/c1-3-6-14-11-17(25)21-18(19-14)23-15(9-12(2)22-23)20-16(24)10-13-7-4-5-8-13/h9,11,13H,3-8,10H2,1-2H3,(H,20,24)(H,19,21,25). The zero-order valence-corrected chi connectivity index (χ0v) is 14.8. The number of hydrogen-bond acceptors (Lipinski definition) is 4. The van der Waals surface area contributed by atoms with Crippen molar-refractivity contribution in [1.82, 2.24) is 19.7 Å². The number of nitrogens with zero attached hydrogens (tertiary/aromatic N) is 3. The van der Waals surface area contributed by atoms with Crippen LogP contribution in [-0.4, -0.2) is 25.7 Å². The summed E-state index contributed by atoms with van der Waals surface area (Å²) in [5, 5.41) is 7.30. The van der Waals surface area contributed by atoms with E-state index in [1.807, 2.05) is 13.8 Å². The van der Waals surface area contributed by atoms with Gasteiger partial charge in [0, 0.05) is 24.2 Å². The highest BCUT2D eigenvalue weighted by Crippen LogP contribution is 2.28. The van der Waals surface area contributed by atoms with Crippen molar-refractivity contribution < 1.29 is 4.79 Å². The summed E-state index contributed by atoms with van der Waals surface area (Å²) in [4.78, 5) is 31.4. The van der Waals surface area contributed by atoms with E-state index in [2.05, 4.69) is 20.4 Å². The van der Waals surface area contributed by atoms with Crippen molar-refractivity contribution in [2.75, 3.05) is 5.32 Å². The summed E-state index contributed by atoms with van der Waals surface area (Å²) < 4.78 is 1.50. The first-order chi connectivity index (χ1) is 12.0. The Balaban J connectivity index is 1.83. The van der Waals surface area contributed by atoms with Gasteiger partial charge >= 0.3 is 0 Å². The van der Waals surface area contributed by atoms with E-state index in [0.717, 1.165) is 37.1 Å². The van der Waals surface area contributed by atoms with E-state index in [-0.39, 0.29) is 11.5 Å². The molecule has 0 saturated heterocycles. The van der Waals surface area contributed by atoms with Gasteiger partial charge in [-0.3, -0.25) is 14.6 Å². The zero-order valence-electron chi connectivity index (χ0n) is 14.8. The van der Waals surface area contributed by atoms with Crippen LogP contribution in [0.1, 0.15) is 56.8 Å². The summed E-state index contributed by atoms with van der Waals surface area (Å²) in [6.45, 7) is 3.88. The van der Waals surface area contributed by atoms with Gasteiger partial charge in [-0.25, -0.2) is 4.98 Å². The number of carbonyl (C=O) groups is 1. The summed E-state index contributed by atoms with van der Waals surface area (Å²) in [6, 6.07) is 3.29. The van der Waals surface area contributed by atoms with Crippen molar-refractivity contribution >= 4 is 11.7 Å². The Bertz CT molecular complexity index is 802. The van der Waals surface area contributed by atoms with Gasteiger partial charge in [0.15, 0.2) is 0 Å². The normalized spacial score (nSPS) is 14.8. The quantitative estimate of drug-likeness (QED) is 0.843. The van der Waals surface area contributed by atoms with Gasteiger partial charge in [-0.2, -0.15) is 9.78 Å². The lowest BCUT2D eigenvalue weighted by atomic mass is 10.0. The number of aryl methyl sites for hydroxylation is 2. The minimum atomic E-state index is -0.218. The van der Waals surface area contributed by atoms with E-state index in [4.69, 9.17) is 0 Å². The van der Waals surface area contributed by atoms with E-state index in [0.29, 0.717) is 24.1 Å². The van der Waals surface area contributed by atoms with Gasteiger partial charge in [0.1, 0.15) is 5.82 Å². The van der Waals surface area contributed by atoms with Crippen LogP contribution in [0, 0.1) is 12.8 Å². The summed E-state index contributed by atoms with van der Waals surface area (Å²) in [5.41, 5.74) is 1.25. The molecule has 0 aliphatic heterocycles. The minimum absolute atomic E-state index is 0.0138. The fourth-order valence-electron chi connectivity index (χ4n) is 3.40. The maximum absolute atomic E-state index is 12.4. The first-order valence-electron chi connectivity index (χ1n) is 9.02. The summed E-state index contributed by atoms with van der Waals surface area (Å²) in [7, 11) is 0. The number of rotatable bonds is 6. The first kappa shape index (κ1) is 17.4. The van der Waals surface area contributed by atoms with Crippen LogP contribution in [0.25, 0.3) is 5.95 Å². The maximum atomic E-state index is 12.4. The fourth-order valence-corrected chi connectivity index (χ4v) is 3.40. The molecule has 25 heavy (non-hydrogen) atoms. The Labute approximate surface area is 146 Å². The van der Waals surface area contributed by atoms with Gasteiger partial charge in [-0.1, -0.05) is 26.2 Å². The molecular weight excluding hydrogens is 318 g/mol. The number of aromatic nitrogens is 4. The highest BCUT2D eigenvalue weighted by Gasteiger charge is 2.20. The molecule has 2 N–H and O–H groups in total. The van der Waals surface area contributed by atoms with Gasteiger partial charge < -0.3 is 5.32 Å². The van der Waals surface area contributed by atoms with Crippen molar-refractivity contribution in [3.63, 3.8) is 0 Å². The van der Waals surface area contributed by atoms with E-state index in [1.165, 1.54) is 23.6 Å². The largest absolute Gasteiger partial charge is 0.310 e. The second-order valence-corrected chi connectivity index (χ2v) is 6.80. The Morgan fingerprint density at radius 1 is 1.36 bits per heavy atom. The highest BCUT2D eigenvalue weighted by atomic mass is 16.1. The first-order valence-corrected chi connectivity index (χ1v) is 9.02. The van der Waals surface area contributed by atoms with Crippen molar-refractivity contribution in [2.45, 2.75) is 58.8 Å². The van der Waals surface area contributed by atoms with E-state index in [1.54, 1.807) is 6.07 Å². The lowest BCUT2D eigenvalue weighted by molar-refractivity contribution is -0.117. The van der Waals surface area contributed by atoms with Gasteiger partial charge in [0.05, 0.1) is 5.69 Å².